The summed E-state index contributed by atoms with van der Waals surface area (Å²) in [6.07, 6.45) is 3.83. The Hall–Kier alpha value is -2.35. The lowest BCUT2D eigenvalue weighted by molar-refractivity contribution is 0.542. The van der Waals surface area contributed by atoms with Crippen molar-refractivity contribution in [2.75, 3.05) is 40.9 Å². The molecule has 0 spiro atoms. The highest BCUT2D eigenvalue weighted by atomic mass is 35.5. The maximum absolute atomic E-state index is 13.8. The van der Waals surface area contributed by atoms with E-state index in [1.54, 1.807) is 24.4 Å². The van der Waals surface area contributed by atoms with Gasteiger partial charge < -0.3 is 14.7 Å². The molecule has 0 amide bonds. The van der Waals surface area contributed by atoms with Crippen LogP contribution in [0.2, 0.25) is 15.1 Å². The van der Waals surface area contributed by atoms with Crippen LogP contribution in [-0.2, 0) is 0 Å². The first-order valence-corrected chi connectivity index (χ1v) is 12.9. The summed E-state index contributed by atoms with van der Waals surface area (Å²) in [5.41, 5.74) is 1.49. The van der Waals surface area contributed by atoms with Gasteiger partial charge in [-0.15, -0.1) is 0 Å². The third-order valence-corrected chi connectivity index (χ3v) is 7.51. The Morgan fingerprint density at radius 1 is 0.914 bits per heavy atom. The minimum absolute atomic E-state index is 0.0769. The number of benzene rings is 1. The van der Waals surface area contributed by atoms with Crippen molar-refractivity contribution in [3.8, 4) is 11.3 Å². The molecular weight excluding hydrogens is 510 g/mol. The molecule has 0 aliphatic carbocycles. The first kappa shape index (κ1) is 24.3. The smallest absolute Gasteiger partial charge is 0.228 e. The minimum atomic E-state index is -0.447. The van der Waals surface area contributed by atoms with E-state index < -0.39 is 5.82 Å². The van der Waals surface area contributed by atoms with E-state index in [1.165, 1.54) is 6.07 Å². The van der Waals surface area contributed by atoms with Crippen molar-refractivity contribution in [3.05, 3.63) is 57.4 Å². The van der Waals surface area contributed by atoms with Crippen LogP contribution in [0.4, 0.5) is 22.0 Å². The molecule has 2 saturated heterocycles. The molecule has 4 heterocycles. The van der Waals surface area contributed by atoms with Crippen LogP contribution >= 0.6 is 34.8 Å². The molecule has 1 aromatic carbocycles. The Kier molecular flexibility index (Phi) is 6.93. The van der Waals surface area contributed by atoms with Crippen molar-refractivity contribution in [1.29, 1.82) is 0 Å². The molecule has 2 unspecified atom stereocenters. The van der Waals surface area contributed by atoms with E-state index >= 15 is 0 Å². The number of nitrogens with zero attached hydrogens (tertiary/aromatic N) is 6. The van der Waals surface area contributed by atoms with Gasteiger partial charge in [-0.25, -0.2) is 14.4 Å². The second kappa shape index (κ2) is 9.96. The van der Waals surface area contributed by atoms with Crippen LogP contribution in [-0.4, -0.2) is 53.2 Å². The molecule has 2 aliphatic rings. The van der Waals surface area contributed by atoms with Gasteiger partial charge in [0.25, 0.3) is 0 Å². The molecule has 35 heavy (non-hydrogen) atoms. The monoisotopic (exact) mass is 534 g/mol. The van der Waals surface area contributed by atoms with Gasteiger partial charge in [0.15, 0.2) is 0 Å². The largest absolute Gasteiger partial charge is 0.352 e. The zero-order chi connectivity index (χ0) is 24.7. The Balaban J connectivity index is 1.48. The van der Waals surface area contributed by atoms with E-state index in [0.717, 1.165) is 61.9 Å². The third-order valence-electron chi connectivity index (χ3n) is 6.74. The second-order valence-corrected chi connectivity index (χ2v) is 10.4. The Bertz CT molecular complexity index is 1240. The summed E-state index contributed by atoms with van der Waals surface area (Å²) >= 11 is 18.5. The van der Waals surface area contributed by atoms with E-state index in [2.05, 4.69) is 33.5 Å². The SMILES string of the molecule is CC1CN(c2ncc(Cl)cc2Cl)CCN1c1cc(-c2ccc(F)c(Cl)c2)nc(N2CCCC2C)n1. The van der Waals surface area contributed by atoms with Crippen LogP contribution in [0, 0.1) is 5.82 Å². The first-order valence-electron chi connectivity index (χ1n) is 11.7. The Labute approximate surface area is 219 Å². The molecule has 0 bridgehead atoms. The highest BCUT2D eigenvalue weighted by Gasteiger charge is 2.29. The van der Waals surface area contributed by atoms with Crippen molar-refractivity contribution < 1.29 is 4.39 Å². The molecule has 5 rings (SSSR count). The van der Waals surface area contributed by atoms with Crippen LogP contribution in [0.5, 0.6) is 0 Å². The molecular formula is C25H26Cl3FN6. The molecule has 2 fully saturated rings. The molecule has 3 aromatic rings. The standard InChI is InChI=1S/C25H26Cl3FN6/c1-15-4-3-7-35(15)25-31-22(17-5-6-21(29)19(27)10-17)12-23(32-25)34-9-8-33(14-16(34)2)24-20(28)11-18(26)13-30-24/h5-6,10-13,15-16H,3-4,7-9,14H2,1-2H3. The van der Waals surface area contributed by atoms with Gasteiger partial charge in [-0.1, -0.05) is 34.8 Å². The Morgan fingerprint density at radius 2 is 1.74 bits per heavy atom. The van der Waals surface area contributed by atoms with Crippen molar-refractivity contribution in [3.63, 3.8) is 0 Å². The van der Waals surface area contributed by atoms with Gasteiger partial charge in [0.05, 0.1) is 20.8 Å². The number of piperazine rings is 1. The van der Waals surface area contributed by atoms with Gasteiger partial charge in [-0.2, -0.15) is 4.98 Å². The average molecular weight is 536 g/mol. The average Bonchev–Trinajstić information content (AvgIpc) is 3.26. The van der Waals surface area contributed by atoms with Crippen LogP contribution in [0.3, 0.4) is 0 Å². The summed E-state index contributed by atoms with van der Waals surface area (Å²) in [7, 11) is 0. The maximum atomic E-state index is 13.8. The normalized spacial score (nSPS) is 20.6. The van der Waals surface area contributed by atoms with Crippen LogP contribution in [0.25, 0.3) is 11.3 Å². The quantitative estimate of drug-likeness (QED) is 0.388. The fraction of sp³-hybridized carbons (Fsp3) is 0.400. The second-order valence-electron chi connectivity index (χ2n) is 9.17. The summed E-state index contributed by atoms with van der Waals surface area (Å²) in [6.45, 7) is 7.46. The molecule has 10 heteroatoms. The van der Waals surface area contributed by atoms with Crippen molar-refractivity contribution >= 4 is 52.4 Å². The van der Waals surface area contributed by atoms with Gasteiger partial charge in [0.2, 0.25) is 5.95 Å². The van der Waals surface area contributed by atoms with E-state index in [4.69, 9.17) is 44.8 Å². The number of hydrogen-bond acceptors (Lipinski definition) is 6. The summed E-state index contributed by atoms with van der Waals surface area (Å²) in [5, 5.41) is 1.14. The van der Waals surface area contributed by atoms with E-state index in [0.29, 0.717) is 22.0 Å². The number of pyridine rings is 1. The third kappa shape index (κ3) is 4.99. The molecule has 0 radical (unpaired) electrons. The van der Waals surface area contributed by atoms with Crippen molar-refractivity contribution in [2.45, 2.75) is 38.8 Å². The predicted octanol–water partition coefficient (Wildman–Crippen LogP) is 6.34. The predicted molar refractivity (Wildman–Crippen MR) is 142 cm³/mol. The zero-order valence-corrected chi connectivity index (χ0v) is 21.8. The molecule has 0 N–H and O–H groups in total. The number of halogens is 4. The van der Waals surface area contributed by atoms with Crippen molar-refractivity contribution in [1.82, 2.24) is 15.0 Å². The van der Waals surface area contributed by atoms with Crippen LogP contribution in [0.15, 0.2) is 36.5 Å². The lowest BCUT2D eigenvalue weighted by atomic mass is 10.1. The number of aromatic nitrogens is 3. The van der Waals surface area contributed by atoms with Crippen LogP contribution in [0.1, 0.15) is 26.7 Å². The van der Waals surface area contributed by atoms with Gasteiger partial charge in [-0.05, 0) is 51.0 Å². The van der Waals surface area contributed by atoms with Gasteiger partial charge in [0, 0.05) is 56.1 Å². The molecule has 2 aliphatic heterocycles. The number of anilines is 3. The lowest BCUT2D eigenvalue weighted by Gasteiger charge is -2.41. The molecule has 6 nitrogen and oxygen atoms in total. The van der Waals surface area contributed by atoms with E-state index in [1.807, 2.05) is 6.07 Å². The minimum Gasteiger partial charge on any atom is -0.352 e. The van der Waals surface area contributed by atoms with Crippen LogP contribution < -0.4 is 14.7 Å². The topological polar surface area (TPSA) is 48.4 Å². The first-order chi connectivity index (χ1) is 16.8. The zero-order valence-electron chi connectivity index (χ0n) is 19.6. The molecule has 184 valence electrons. The van der Waals surface area contributed by atoms with E-state index in [9.17, 15) is 4.39 Å². The highest BCUT2D eigenvalue weighted by Crippen LogP contribution is 2.33. The van der Waals surface area contributed by atoms with E-state index in [-0.39, 0.29) is 11.1 Å². The lowest BCUT2D eigenvalue weighted by Crippen LogP contribution is -2.52. The Morgan fingerprint density at radius 3 is 2.43 bits per heavy atom. The summed E-state index contributed by atoms with van der Waals surface area (Å²) in [6, 6.07) is 8.89. The van der Waals surface area contributed by atoms with Gasteiger partial charge in [0.1, 0.15) is 17.5 Å². The highest BCUT2D eigenvalue weighted by molar-refractivity contribution is 6.36. The summed E-state index contributed by atoms with van der Waals surface area (Å²) in [5.74, 6) is 1.82. The fourth-order valence-electron chi connectivity index (χ4n) is 4.86. The molecule has 2 atom stereocenters. The molecule has 2 aromatic heterocycles. The van der Waals surface area contributed by atoms with Crippen molar-refractivity contribution in [2.24, 2.45) is 0 Å². The maximum Gasteiger partial charge on any atom is 0.228 e. The number of hydrogen-bond donors (Lipinski definition) is 0. The number of rotatable bonds is 4. The van der Waals surface area contributed by atoms with Gasteiger partial charge in [-0.3, -0.25) is 0 Å². The molecule has 0 saturated carbocycles. The summed E-state index contributed by atoms with van der Waals surface area (Å²) < 4.78 is 13.8. The van der Waals surface area contributed by atoms with Gasteiger partial charge >= 0.3 is 0 Å². The fourth-order valence-corrected chi connectivity index (χ4v) is 5.54. The summed E-state index contributed by atoms with van der Waals surface area (Å²) in [4.78, 5) is 21.0.